The average Bonchev–Trinajstić information content (AvgIpc) is 2.56. The molecule has 1 aromatic heterocycles. The zero-order chi connectivity index (χ0) is 13.2. The summed E-state index contributed by atoms with van der Waals surface area (Å²) in [6.07, 6.45) is 0. The molecule has 0 aromatic carbocycles. The Morgan fingerprint density at radius 1 is 1.33 bits per heavy atom. The molecule has 0 saturated heterocycles. The Labute approximate surface area is 120 Å². The fourth-order valence-electron chi connectivity index (χ4n) is 1.77. The van der Waals surface area contributed by atoms with Gasteiger partial charge in [0.05, 0.1) is 12.1 Å². The molecule has 0 aliphatic carbocycles. The second-order valence-corrected chi connectivity index (χ2v) is 6.33. The molecule has 0 aliphatic rings. The first kappa shape index (κ1) is 17.4. The number of nitrogens with one attached hydrogen (secondary N) is 1. The fourth-order valence-corrected chi connectivity index (χ4v) is 2.79. The third-order valence-corrected chi connectivity index (χ3v) is 3.91. The highest BCUT2D eigenvalue weighted by atomic mass is 35.5. The summed E-state index contributed by atoms with van der Waals surface area (Å²) in [5.41, 5.74) is 7.01. The first-order chi connectivity index (χ1) is 7.82. The summed E-state index contributed by atoms with van der Waals surface area (Å²) in [6.45, 7) is 10.1. The summed E-state index contributed by atoms with van der Waals surface area (Å²) in [5.74, 6) is 0.0864. The van der Waals surface area contributed by atoms with E-state index in [2.05, 4.69) is 25.2 Å². The van der Waals surface area contributed by atoms with Crippen LogP contribution in [-0.4, -0.2) is 11.9 Å². The smallest absolute Gasteiger partial charge is 0.237 e. The highest BCUT2D eigenvalue weighted by Crippen LogP contribution is 2.26. The molecule has 0 fully saturated rings. The zero-order valence-electron chi connectivity index (χ0n) is 11.6. The summed E-state index contributed by atoms with van der Waals surface area (Å²) in [6, 6.07) is 1.72. The number of carbonyl (C=O) groups excluding carboxylic acids is 1. The molecule has 0 aliphatic heterocycles. The first-order valence-corrected chi connectivity index (χ1v) is 6.77. The van der Waals surface area contributed by atoms with Crippen LogP contribution in [0.3, 0.4) is 0 Å². The van der Waals surface area contributed by atoms with Gasteiger partial charge in [-0.25, -0.2) is 0 Å². The van der Waals surface area contributed by atoms with Crippen molar-refractivity contribution >= 4 is 29.7 Å². The summed E-state index contributed by atoms with van der Waals surface area (Å²) in [7, 11) is 0. The van der Waals surface area contributed by atoms with Crippen LogP contribution >= 0.6 is 23.7 Å². The van der Waals surface area contributed by atoms with Crippen LogP contribution in [0.5, 0.6) is 0 Å². The molecule has 5 heteroatoms. The minimum Gasteiger partial charge on any atom is -0.348 e. The molecule has 1 rings (SSSR count). The van der Waals surface area contributed by atoms with Crippen molar-refractivity contribution in [3.8, 4) is 0 Å². The van der Waals surface area contributed by atoms with Crippen LogP contribution in [0.25, 0.3) is 0 Å². The van der Waals surface area contributed by atoms with E-state index < -0.39 is 6.04 Å². The average molecular weight is 291 g/mol. The van der Waals surface area contributed by atoms with Gasteiger partial charge in [-0.3, -0.25) is 4.79 Å². The zero-order valence-corrected chi connectivity index (χ0v) is 13.2. The van der Waals surface area contributed by atoms with Gasteiger partial charge in [0.1, 0.15) is 0 Å². The monoisotopic (exact) mass is 290 g/mol. The van der Waals surface area contributed by atoms with E-state index >= 15 is 0 Å². The predicted molar refractivity (Wildman–Crippen MR) is 80.4 cm³/mol. The molecule has 0 bridgehead atoms. The van der Waals surface area contributed by atoms with Gasteiger partial charge in [0.2, 0.25) is 5.91 Å². The van der Waals surface area contributed by atoms with Crippen molar-refractivity contribution in [3.05, 3.63) is 21.4 Å². The Morgan fingerprint density at radius 3 is 2.28 bits per heavy atom. The van der Waals surface area contributed by atoms with Gasteiger partial charge in [0, 0.05) is 9.75 Å². The number of carbonyl (C=O) groups is 1. The number of amides is 1. The minimum absolute atomic E-state index is 0. The molecule has 0 spiro atoms. The summed E-state index contributed by atoms with van der Waals surface area (Å²) >= 11 is 1.76. The second-order valence-electron chi connectivity index (χ2n) is 4.87. The Balaban J connectivity index is 0.00000289. The van der Waals surface area contributed by atoms with Gasteiger partial charge in [-0.15, -0.1) is 23.7 Å². The van der Waals surface area contributed by atoms with E-state index in [0.29, 0.717) is 0 Å². The standard InChI is InChI=1S/C13H22N2OS.ClH/c1-7(2)12(14)13(16)15-9(4)11-6-8(3)17-10(11)5;/h6-7,9,12H,14H2,1-5H3,(H,15,16);1H/t9?,12-;/m1./s1. The number of thiophene rings is 1. The van der Waals surface area contributed by atoms with Crippen LogP contribution in [0.15, 0.2) is 6.07 Å². The van der Waals surface area contributed by atoms with E-state index in [1.807, 2.05) is 20.8 Å². The molecular weight excluding hydrogens is 268 g/mol. The fraction of sp³-hybridized carbons (Fsp3) is 0.615. The third-order valence-electron chi connectivity index (χ3n) is 2.93. The van der Waals surface area contributed by atoms with Crippen LogP contribution in [0.2, 0.25) is 0 Å². The minimum atomic E-state index is -0.433. The van der Waals surface area contributed by atoms with Gasteiger partial charge < -0.3 is 11.1 Å². The maximum absolute atomic E-state index is 11.9. The van der Waals surface area contributed by atoms with Gasteiger partial charge in [-0.1, -0.05) is 13.8 Å². The summed E-state index contributed by atoms with van der Waals surface area (Å²) in [4.78, 5) is 14.4. The lowest BCUT2D eigenvalue weighted by Crippen LogP contribution is -2.44. The number of hydrogen-bond acceptors (Lipinski definition) is 3. The molecule has 1 aromatic rings. The highest BCUT2D eigenvalue weighted by molar-refractivity contribution is 7.12. The number of hydrogen-bond donors (Lipinski definition) is 2. The van der Waals surface area contributed by atoms with Crippen LogP contribution in [0.1, 0.15) is 42.1 Å². The van der Waals surface area contributed by atoms with E-state index in [9.17, 15) is 4.79 Å². The van der Waals surface area contributed by atoms with Gasteiger partial charge >= 0.3 is 0 Å². The molecule has 18 heavy (non-hydrogen) atoms. The Hall–Kier alpha value is -0.580. The van der Waals surface area contributed by atoms with Crippen molar-refractivity contribution in [2.75, 3.05) is 0 Å². The van der Waals surface area contributed by atoms with E-state index in [1.54, 1.807) is 11.3 Å². The van der Waals surface area contributed by atoms with Crippen LogP contribution < -0.4 is 11.1 Å². The molecule has 0 radical (unpaired) electrons. The van der Waals surface area contributed by atoms with Crippen LogP contribution in [0.4, 0.5) is 0 Å². The number of aryl methyl sites for hydroxylation is 2. The molecule has 3 nitrogen and oxygen atoms in total. The lowest BCUT2D eigenvalue weighted by atomic mass is 10.0. The molecule has 104 valence electrons. The number of halogens is 1. The SMILES string of the molecule is Cc1cc(C(C)NC(=O)[C@H](N)C(C)C)c(C)s1.Cl. The van der Waals surface area contributed by atoms with Gasteiger partial charge in [-0.05, 0) is 38.3 Å². The molecule has 3 N–H and O–H groups in total. The van der Waals surface area contributed by atoms with E-state index in [-0.39, 0.29) is 30.3 Å². The first-order valence-electron chi connectivity index (χ1n) is 5.95. The molecule has 1 amide bonds. The van der Waals surface area contributed by atoms with E-state index in [0.717, 1.165) is 0 Å². The van der Waals surface area contributed by atoms with Crippen LogP contribution in [-0.2, 0) is 4.79 Å². The summed E-state index contributed by atoms with van der Waals surface area (Å²) in [5, 5.41) is 2.97. The molecule has 1 heterocycles. The quantitative estimate of drug-likeness (QED) is 0.896. The maximum Gasteiger partial charge on any atom is 0.237 e. The van der Waals surface area contributed by atoms with Crippen molar-refractivity contribution in [1.29, 1.82) is 0 Å². The number of rotatable bonds is 4. The third kappa shape index (κ3) is 4.26. The van der Waals surface area contributed by atoms with Crippen molar-refractivity contribution < 1.29 is 4.79 Å². The molecule has 2 atom stereocenters. The van der Waals surface area contributed by atoms with Gasteiger partial charge in [0.25, 0.3) is 0 Å². The second kappa shape index (κ2) is 7.12. The van der Waals surface area contributed by atoms with Crippen molar-refractivity contribution in [3.63, 3.8) is 0 Å². The predicted octanol–water partition coefficient (Wildman–Crippen LogP) is 2.95. The Morgan fingerprint density at radius 2 is 1.89 bits per heavy atom. The lowest BCUT2D eigenvalue weighted by molar-refractivity contribution is -0.123. The molecule has 1 unspecified atom stereocenters. The van der Waals surface area contributed by atoms with E-state index in [4.69, 9.17) is 5.73 Å². The number of nitrogens with two attached hydrogens (primary N) is 1. The van der Waals surface area contributed by atoms with Crippen molar-refractivity contribution in [2.24, 2.45) is 11.7 Å². The van der Waals surface area contributed by atoms with Crippen molar-refractivity contribution in [2.45, 2.75) is 46.7 Å². The molecular formula is C13H23ClN2OS. The topological polar surface area (TPSA) is 55.1 Å². The summed E-state index contributed by atoms with van der Waals surface area (Å²) < 4.78 is 0. The Bertz CT molecular complexity index is 404. The van der Waals surface area contributed by atoms with Crippen molar-refractivity contribution in [1.82, 2.24) is 5.32 Å². The maximum atomic E-state index is 11.9. The van der Waals surface area contributed by atoms with Gasteiger partial charge in [-0.2, -0.15) is 0 Å². The van der Waals surface area contributed by atoms with Gasteiger partial charge in [0.15, 0.2) is 0 Å². The van der Waals surface area contributed by atoms with Crippen LogP contribution in [0, 0.1) is 19.8 Å². The lowest BCUT2D eigenvalue weighted by Gasteiger charge is -2.19. The largest absolute Gasteiger partial charge is 0.348 e. The highest BCUT2D eigenvalue weighted by Gasteiger charge is 2.20. The molecule has 0 saturated carbocycles. The Kier molecular flexibility index (Phi) is 6.89. The normalized spacial score (nSPS) is 13.9. The van der Waals surface area contributed by atoms with E-state index in [1.165, 1.54) is 15.3 Å².